The van der Waals surface area contributed by atoms with Crippen molar-refractivity contribution in [2.75, 3.05) is 0 Å². The monoisotopic (exact) mass is 280 g/mol. The highest BCUT2D eigenvalue weighted by molar-refractivity contribution is 7.18. The first-order valence-corrected chi connectivity index (χ1v) is 7.80. The van der Waals surface area contributed by atoms with Gasteiger partial charge in [0.2, 0.25) is 0 Å². The number of fused-ring (bicyclic) bond motifs is 3. The molecule has 1 heterocycles. The Kier molecular flexibility index (Phi) is 3.62. The van der Waals surface area contributed by atoms with E-state index in [1.807, 2.05) is 29.6 Å². The molecule has 0 aliphatic carbocycles. The van der Waals surface area contributed by atoms with E-state index in [4.69, 9.17) is 0 Å². The minimum atomic E-state index is 0.323. The van der Waals surface area contributed by atoms with E-state index in [9.17, 15) is 5.11 Å². The normalized spacial score (nSPS) is 10.7. The summed E-state index contributed by atoms with van der Waals surface area (Å²) in [6.45, 7) is 2.16. The third-order valence-electron chi connectivity index (χ3n) is 3.47. The van der Waals surface area contributed by atoms with Gasteiger partial charge < -0.3 is 5.11 Å². The fourth-order valence-corrected chi connectivity index (χ4v) is 3.35. The Labute approximate surface area is 122 Å². The van der Waals surface area contributed by atoms with Crippen molar-refractivity contribution >= 4 is 32.2 Å². The summed E-state index contributed by atoms with van der Waals surface area (Å²) in [5.41, 5.74) is 0.766. The number of aromatic hydroxyl groups is 1. The smallest absolute Gasteiger partial charge is 0.140 e. The van der Waals surface area contributed by atoms with Crippen LogP contribution >= 0.6 is 11.3 Å². The van der Waals surface area contributed by atoms with E-state index >= 15 is 0 Å². The Morgan fingerprint density at radius 2 is 1.90 bits per heavy atom. The molecule has 20 heavy (non-hydrogen) atoms. The number of unbranched alkanes of at least 4 members (excludes halogenated alkanes) is 2. The van der Waals surface area contributed by atoms with Gasteiger partial charge in [0, 0.05) is 27.3 Å². The first-order chi connectivity index (χ1) is 9.83. The zero-order chi connectivity index (χ0) is 13.9. The van der Waals surface area contributed by atoms with Gasteiger partial charge in [-0.3, -0.25) is 0 Å². The average Bonchev–Trinajstić information content (AvgIpc) is 2.96. The fraction of sp³-hybridized carbons (Fsp3) is 0.222. The van der Waals surface area contributed by atoms with Crippen LogP contribution in [0.2, 0.25) is 0 Å². The lowest BCUT2D eigenvalue weighted by molar-refractivity contribution is 0.481. The second kappa shape index (κ2) is 5.56. The molecule has 2 aromatic carbocycles. The standard InChI is InChI=1S/C18H16OS/c1-2-3-4-5-9-14-13-8-6-7-10-15(13)18-16(17(14)19)11-12-20-18/h6-8,10-12,19H,2-4H2,1H3. The van der Waals surface area contributed by atoms with E-state index in [-0.39, 0.29) is 0 Å². The summed E-state index contributed by atoms with van der Waals surface area (Å²) in [6, 6.07) is 10.1. The van der Waals surface area contributed by atoms with Crippen molar-refractivity contribution in [1.29, 1.82) is 0 Å². The zero-order valence-corrected chi connectivity index (χ0v) is 12.3. The van der Waals surface area contributed by atoms with Crippen LogP contribution in [-0.4, -0.2) is 5.11 Å². The van der Waals surface area contributed by atoms with Gasteiger partial charge in [0.15, 0.2) is 0 Å². The van der Waals surface area contributed by atoms with Crippen molar-refractivity contribution in [1.82, 2.24) is 0 Å². The van der Waals surface area contributed by atoms with Crippen molar-refractivity contribution < 1.29 is 5.11 Å². The second-order valence-corrected chi connectivity index (χ2v) is 5.75. The third kappa shape index (κ3) is 2.15. The van der Waals surface area contributed by atoms with Crippen LogP contribution in [0.5, 0.6) is 5.75 Å². The van der Waals surface area contributed by atoms with Gasteiger partial charge in [0.1, 0.15) is 5.75 Å². The molecule has 0 aliphatic heterocycles. The predicted octanol–water partition coefficient (Wildman–Crippen LogP) is 5.30. The molecule has 0 radical (unpaired) electrons. The van der Waals surface area contributed by atoms with Crippen LogP contribution < -0.4 is 0 Å². The molecule has 3 aromatic rings. The first kappa shape index (κ1) is 13.0. The molecule has 0 bridgehead atoms. The highest BCUT2D eigenvalue weighted by atomic mass is 32.1. The Morgan fingerprint density at radius 3 is 2.70 bits per heavy atom. The summed E-state index contributed by atoms with van der Waals surface area (Å²) < 4.78 is 1.14. The molecule has 1 aromatic heterocycles. The summed E-state index contributed by atoms with van der Waals surface area (Å²) in [5.74, 6) is 6.69. The van der Waals surface area contributed by atoms with Gasteiger partial charge in [-0.05, 0) is 17.9 Å². The molecule has 0 unspecified atom stereocenters. The lowest BCUT2D eigenvalue weighted by atomic mass is 10.0. The molecule has 100 valence electrons. The third-order valence-corrected chi connectivity index (χ3v) is 4.41. The van der Waals surface area contributed by atoms with E-state index < -0.39 is 0 Å². The maximum atomic E-state index is 10.5. The van der Waals surface area contributed by atoms with Gasteiger partial charge in [-0.1, -0.05) is 49.5 Å². The van der Waals surface area contributed by atoms with E-state index in [1.165, 1.54) is 5.39 Å². The van der Waals surface area contributed by atoms with Gasteiger partial charge in [-0.2, -0.15) is 0 Å². The number of rotatable bonds is 2. The lowest BCUT2D eigenvalue weighted by Gasteiger charge is -2.06. The molecule has 0 fully saturated rings. The summed E-state index contributed by atoms with van der Waals surface area (Å²) in [4.78, 5) is 0. The maximum absolute atomic E-state index is 10.5. The molecule has 3 rings (SSSR count). The molecule has 1 N–H and O–H groups in total. The minimum absolute atomic E-state index is 0.323. The van der Waals surface area contributed by atoms with Gasteiger partial charge >= 0.3 is 0 Å². The summed E-state index contributed by atoms with van der Waals surface area (Å²) >= 11 is 1.66. The number of hydrogen-bond donors (Lipinski definition) is 1. The molecule has 1 nitrogen and oxygen atoms in total. The highest BCUT2D eigenvalue weighted by Gasteiger charge is 2.12. The summed E-state index contributed by atoms with van der Waals surface area (Å²) in [7, 11) is 0. The van der Waals surface area contributed by atoms with E-state index in [0.29, 0.717) is 5.75 Å². The molecule has 2 heteroatoms. The van der Waals surface area contributed by atoms with E-state index in [1.54, 1.807) is 11.3 Å². The average molecular weight is 280 g/mol. The minimum Gasteiger partial charge on any atom is -0.506 e. The quantitative estimate of drug-likeness (QED) is 0.498. The molecule has 0 spiro atoms. The number of benzene rings is 2. The van der Waals surface area contributed by atoms with Crippen LogP contribution in [0.1, 0.15) is 31.7 Å². The van der Waals surface area contributed by atoms with Crippen LogP contribution in [0, 0.1) is 11.8 Å². The lowest BCUT2D eigenvalue weighted by Crippen LogP contribution is -1.83. The molecular formula is C18H16OS. The predicted molar refractivity (Wildman–Crippen MR) is 87.4 cm³/mol. The van der Waals surface area contributed by atoms with Crippen LogP contribution in [0.15, 0.2) is 35.7 Å². The van der Waals surface area contributed by atoms with Crippen LogP contribution in [0.4, 0.5) is 0 Å². The number of phenols is 1. The highest BCUT2D eigenvalue weighted by Crippen LogP contribution is 2.39. The van der Waals surface area contributed by atoms with Crippen LogP contribution in [0.3, 0.4) is 0 Å². The molecule has 0 amide bonds. The van der Waals surface area contributed by atoms with Gasteiger partial charge in [0.05, 0.1) is 5.56 Å². The Hall–Kier alpha value is -1.98. The first-order valence-electron chi connectivity index (χ1n) is 6.92. The molecule has 0 atom stereocenters. The van der Waals surface area contributed by atoms with Crippen LogP contribution in [0.25, 0.3) is 20.9 Å². The SMILES string of the molecule is CCCCC#Cc1c(O)c2ccsc2c2ccccc12. The van der Waals surface area contributed by atoms with Crippen molar-refractivity contribution in [3.05, 3.63) is 41.3 Å². The topological polar surface area (TPSA) is 20.2 Å². The van der Waals surface area contributed by atoms with E-state index in [0.717, 1.165) is 40.3 Å². The van der Waals surface area contributed by atoms with E-state index in [2.05, 4.69) is 24.8 Å². The van der Waals surface area contributed by atoms with Gasteiger partial charge in [-0.15, -0.1) is 11.3 Å². The molecule has 0 saturated carbocycles. The maximum Gasteiger partial charge on any atom is 0.140 e. The van der Waals surface area contributed by atoms with Gasteiger partial charge in [0.25, 0.3) is 0 Å². The van der Waals surface area contributed by atoms with Crippen molar-refractivity contribution in [3.8, 4) is 17.6 Å². The number of hydrogen-bond acceptors (Lipinski definition) is 2. The van der Waals surface area contributed by atoms with Crippen LogP contribution in [-0.2, 0) is 0 Å². The van der Waals surface area contributed by atoms with Crippen molar-refractivity contribution in [3.63, 3.8) is 0 Å². The van der Waals surface area contributed by atoms with Crippen molar-refractivity contribution in [2.24, 2.45) is 0 Å². The molecule has 0 saturated heterocycles. The number of thiophene rings is 1. The summed E-state index contributed by atoms with van der Waals surface area (Å²) in [6.07, 6.45) is 3.13. The summed E-state index contributed by atoms with van der Waals surface area (Å²) in [5, 5.41) is 15.6. The zero-order valence-electron chi connectivity index (χ0n) is 11.4. The Balaban J connectivity index is 2.26. The largest absolute Gasteiger partial charge is 0.506 e. The molecule has 0 aliphatic rings. The fourth-order valence-electron chi connectivity index (χ4n) is 2.41. The Bertz CT molecular complexity index is 818. The molecular weight excluding hydrogens is 264 g/mol. The second-order valence-electron chi connectivity index (χ2n) is 4.84. The Morgan fingerprint density at radius 1 is 1.10 bits per heavy atom. The number of phenolic OH excluding ortho intramolecular Hbond substituents is 1. The van der Waals surface area contributed by atoms with Gasteiger partial charge in [-0.25, -0.2) is 0 Å². The van der Waals surface area contributed by atoms with Crippen molar-refractivity contribution in [2.45, 2.75) is 26.2 Å².